The van der Waals surface area contributed by atoms with E-state index in [9.17, 15) is 9.59 Å². The molecule has 0 radical (unpaired) electrons. The molecule has 5 nitrogen and oxygen atoms in total. The van der Waals surface area contributed by atoms with Crippen molar-refractivity contribution in [1.29, 1.82) is 0 Å². The van der Waals surface area contributed by atoms with Gasteiger partial charge in [0, 0.05) is 37.4 Å². The Balaban J connectivity index is 1.77. The van der Waals surface area contributed by atoms with E-state index < -0.39 is 0 Å². The summed E-state index contributed by atoms with van der Waals surface area (Å²) in [4.78, 5) is 30.4. The molecule has 2 saturated heterocycles. The molecule has 0 spiro atoms. The summed E-state index contributed by atoms with van der Waals surface area (Å²) < 4.78 is 6.13. The number of Topliss-reactive ketones (excluding diaryl/α,β-unsaturated/α-hetero) is 1. The first-order chi connectivity index (χ1) is 17.8. The number of nitrogens with zero attached hydrogens (tertiary/aromatic N) is 2. The molecule has 1 atom stereocenters. The summed E-state index contributed by atoms with van der Waals surface area (Å²) in [7, 11) is 0. The van der Waals surface area contributed by atoms with E-state index in [4.69, 9.17) is 4.74 Å². The summed E-state index contributed by atoms with van der Waals surface area (Å²) in [5.74, 6) is 0.819. The van der Waals surface area contributed by atoms with Gasteiger partial charge in [0.15, 0.2) is 0 Å². The van der Waals surface area contributed by atoms with Crippen LogP contribution < -0.4 is 4.74 Å². The van der Waals surface area contributed by atoms with Crippen LogP contribution in [0.15, 0.2) is 18.2 Å². The molecule has 2 fully saturated rings. The van der Waals surface area contributed by atoms with Crippen molar-refractivity contribution in [2.45, 2.75) is 123 Å². The highest BCUT2D eigenvalue weighted by Gasteiger charge is 2.31. The molecular weight excluding hydrogens is 460 g/mol. The minimum Gasteiger partial charge on any atom is -0.426 e. The summed E-state index contributed by atoms with van der Waals surface area (Å²) >= 11 is 0. The molecule has 0 saturated carbocycles. The number of benzene rings is 1. The summed E-state index contributed by atoms with van der Waals surface area (Å²) in [6.07, 6.45) is 13.4. The fraction of sp³-hybridized carbons (Fsp3) is 0.750. The largest absolute Gasteiger partial charge is 0.426 e. The smallest absolute Gasteiger partial charge is 0.311 e. The predicted octanol–water partition coefficient (Wildman–Crippen LogP) is 7.22. The van der Waals surface area contributed by atoms with Crippen molar-refractivity contribution in [3.8, 4) is 5.75 Å². The first-order valence-electron chi connectivity index (χ1n) is 15.2. The Morgan fingerprint density at radius 2 is 1.76 bits per heavy atom. The predicted molar refractivity (Wildman–Crippen MR) is 152 cm³/mol. The Kier molecular flexibility index (Phi) is 12.1. The van der Waals surface area contributed by atoms with Crippen LogP contribution in [0.1, 0.15) is 128 Å². The van der Waals surface area contributed by atoms with Crippen molar-refractivity contribution in [1.82, 2.24) is 9.80 Å². The van der Waals surface area contributed by atoms with E-state index in [0.717, 1.165) is 57.5 Å². The molecule has 0 N–H and O–H groups in total. The monoisotopic (exact) mass is 512 g/mol. The zero-order valence-electron chi connectivity index (χ0n) is 24.2. The maximum atomic E-state index is 13.0. The number of likely N-dealkylation sites (tertiary alicyclic amines) is 2. The summed E-state index contributed by atoms with van der Waals surface area (Å²) in [6, 6.07) is 6.46. The molecular formula is C32H52N2O3. The van der Waals surface area contributed by atoms with Crippen molar-refractivity contribution in [3.63, 3.8) is 0 Å². The Hall–Kier alpha value is -1.72. The normalized spacial score (nSPS) is 19.8. The third-order valence-electron chi connectivity index (χ3n) is 8.39. The van der Waals surface area contributed by atoms with Gasteiger partial charge in [0.1, 0.15) is 11.5 Å². The third kappa shape index (κ3) is 9.21. The molecule has 1 unspecified atom stereocenters. The van der Waals surface area contributed by atoms with E-state index in [1.807, 2.05) is 0 Å². The molecule has 208 valence electrons. The number of esters is 1. The summed E-state index contributed by atoms with van der Waals surface area (Å²) in [6.45, 7) is 14.0. The number of rotatable bonds is 14. The molecule has 2 heterocycles. The highest BCUT2D eigenvalue weighted by molar-refractivity contribution is 5.80. The fourth-order valence-corrected chi connectivity index (χ4v) is 5.99. The van der Waals surface area contributed by atoms with Crippen LogP contribution in [0.25, 0.3) is 0 Å². The van der Waals surface area contributed by atoms with Crippen LogP contribution in [0.2, 0.25) is 0 Å². The lowest BCUT2D eigenvalue weighted by Gasteiger charge is -2.36. The highest BCUT2D eigenvalue weighted by atomic mass is 16.5. The van der Waals surface area contributed by atoms with E-state index in [1.54, 1.807) is 0 Å². The first kappa shape index (κ1) is 29.8. The fourth-order valence-electron chi connectivity index (χ4n) is 5.99. The molecule has 3 rings (SSSR count). The standard InChI is InChI=1S/C32H52N2O3/c1-5-7-8-10-18-32(3,4)26-15-16-28(29-25-27(35)17-23-34(29)19-6-2)30(24-26)37-31(36)14-13-22-33-20-11-9-12-21-33/h15-16,24,29H,5-14,17-23,25H2,1-4H3. The van der Waals surface area contributed by atoms with E-state index in [1.165, 1.54) is 50.5 Å². The van der Waals surface area contributed by atoms with Crippen LogP contribution in [0, 0.1) is 0 Å². The van der Waals surface area contributed by atoms with Crippen molar-refractivity contribution in [2.75, 3.05) is 32.7 Å². The van der Waals surface area contributed by atoms with Crippen LogP contribution in [-0.2, 0) is 15.0 Å². The van der Waals surface area contributed by atoms with E-state index in [0.29, 0.717) is 30.8 Å². The summed E-state index contributed by atoms with van der Waals surface area (Å²) in [5, 5.41) is 0. The van der Waals surface area contributed by atoms with Gasteiger partial charge in [0.2, 0.25) is 0 Å². The lowest BCUT2D eigenvalue weighted by Crippen LogP contribution is -2.37. The minimum atomic E-state index is -0.152. The molecule has 2 aliphatic heterocycles. The van der Waals surface area contributed by atoms with Gasteiger partial charge in [-0.25, -0.2) is 0 Å². The van der Waals surface area contributed by atoms with Gasteiger partial charge in [-0.1, -0.05) is 71.9 Å². The number of hydrogen-bond donors (Lipinski definition) is 0. The third-order valence-corrected chi connectivity index (χ3v) is 8.39. The molecule has 1 aromatic rings. The zero-order chi connectivity index (χ0) is 26.7. The van der Waals surface area contributed by atoms with Crippen LogP contribution in [0.4, 0.5) is 0 Å². The highest BCUT2D eigenvalue weighted by Crippen LogP contribution is 2.39. The Morgan fingerprint density at radius 3 is 2.49 bits per heavy atom. The average Bonchev–Trinajstić information content (AvgIpc) is 2.88. The Bertz CT molecular complexity index is 860. The number of hydrogen-bond acceptors (Lipinski definition) is 5. The lowest BCUT2D eigenvalue weighted by molar-refractivity contribution is -0.134. The summed E-state index contributed by atoms with van der Waals surface area (Å²) in [5.41, 5.74) is 2.22. The van der Waals surface area contributed by atoms with Gasteiger partial charge in [0.25, 0.3) is 0 Å². The van der Waals surface area contributed by atoms with E-state index in [-0.39, 0.29) is 17.4 Å². The van der Waals surface area contributed by atoms with Gasteiger partial charge in [0.05, 0.1) is 0 Å². The van der Waals surface area contributed by atoms with Gasteiger partial charge in [-0.05, 0) is 75.3 Å². The Morgan fingerprint density at radius 1 is 0.973 bits per heavy atom. The van der Waals surface area contributed by atoms with Crippen LogP contribution >= 0.6 is 0 Å². The molecule has 0 aliphatic carbocycles. The van der Waals surface area contributed by atoms with Gasteiger partial charge in [-0.2, -0.15) is 0 Å². The number of unbranched alkanes of at least 4 members (excludes halogenated alkanes) is 3. The van der Waals surface area contributed by atoms with Crippen molar-refractivity contribution in [2.24, 2.45) is 0 Å². The maximum Gasteiger partial charge on any atom is 0.311 e. The molecule has 5 heteroatoms. The second kappa shape index (κ2) is 15.0. The van der Waals surface area contributed by atoms with Crippen molar-refractivity contribution in [3.05, 3.63) is 29.3 Å². The number of ether oxygens (including phenoxy) is 1. The second-order valence-electron chi connectivity index (χ2n) is 12.0. The van der Waals surface area contributed by atoms with Crippen LogP contribution in [0.3, 0.4) is 0 Å². The second-order valence-corrected chi connectivity index (χ2v) is 12.0. The quantitative estimate of drug-likeness (QED) is 0.150. The average molecular weight is 513 g/mol. The topological polar surface area (TPSA) is 49.9 Å². The molecule has 37 heavy (non-hydrogen) atoms. The zero-order valence-corrected chi connectivity index (χ0v) is 24.2. The lowest BCUT2D eigenvalue weighted by atomic mass is 9.79. The van der Waals surface area contributed by atoms with Gasteiger partial charge < -0.3 is 9.64 Å². The molecule has 1 aromatic carbocycles. The molecule has 2 aliphatic rings. The van der Waals surface area contributed by atoms with E-state index >= 15 is 0 Å². The SMILES string of the molecule is CCCCCCC(C)(C)c1ccc(C2CC(=O)CCN2CCC)c(OC(=O)CCCN2CCCCC2)c1. The van der Waals surface area contributed by atoms with Gasteiger partial charge in [-0.15, -0.1) is 0 Å². The van der Waals surface area contributed by atoms with Gasteiger partial charge in [-0.3, -0.25) is 14.5 Å². The molecule has 0 amide bonds. The maximum absolute atomic E-state index is 13.0. The van der Waals surface area contributed by atoms with Crippen molar-refractivity contribution >= 4 is 11.8 Å². The number of carbonyl (C=O) groups excluding carboxylic acids is 2. The van der Waals surface area contributed by atoms with Crippen LogP contribution in [-0.4, -0.2) is 54.3 Å². The van der Waals surface area contributed by atoms with Crippen LogP contribution in [0.5, 0.6) is 5.75 Å². The number of ketones is 1. The number of carbonyl (C=O) groups is 2. The van der Waals surface area contributed by atoms with Crippen molar-refractivity contribution < 1.29 is 14.3 Å². The Labute approximate surface area is 226 Å². The van der Waals surface area contributed by atoms with Gasteiger partial charge >= 0.3 is 5.97 Å². The molecule has 0 bridgehead atoms. The van der Waals surface area contributed by atoms with E-state index in [2.05, 4.69) is 55.7 Å². The number of piperidine rings is 2. The molecule has 0 aromatic heterocycles. The minimum absolute atomic E-state index is 0.00712. The first-order valence-corrected chi connectivity index (χ1v) is 15.2.